The van der Waals surface area contributed by atoms with Crippen LogP contribution in [0.1, 0.15) is 11.8 Å². The minimum absolute atomic E-state index is 0.123. The van der Waals surface area contributed by atoms with Crippen LogP contribution in [0, 0.1) is 10.1 Å². The van der Waals surface area contributed by atoms with Crippen LogP contribution in [0.4, 0.5) is 11.4 Å². The van der Waals surface area contributed by atoms with E-state index in [1.807, 2.05) is 24.1 Å². The summed E-state index contributed by atoms with van der Waals surface area (Å²) in [5, 5.41) is 13.5. The SMILES string of the molecule is CC(C(=O)Nc1ccc([N+](=O)[O-])cc1Cl)N(C)Cc1ccc(Cl)s1. The first kappa shape index (κ1) is 18.7. The highest BCUT2D eigenvalue weighted by atomic mass is 35.5. The molecule has 128 valence electrons. The molecule has 0 aliphatic carbocycles. The molecular weight excluding hydrogens is 373 g/mol. The van der Waals surface area contributed by atoms with Crippen LogP contribution in [0.15, 0.2) is 30.3 Å². The van der Waals surface area contributed by atoms with E-state index in [0.29, 0.717) is 16.6 Å². The molecule has 1 aromatic carbocycles. The smallest absolute Gasteiger partial charge is 0.271 e. The van der Waals surface area contributed by atoms with Crippen molar-refractivity contribution in [1.29, 1.82) is 0 Å². The number of likely N-dealkylation sites (N-methyl/N-ethyl adjacent to an activating group) is 1. The largest absolute Gasteiger partial charge is 0.323 e. The van der Waals surface area contributed by atoms with Crippen molar-refractivity contribution >= 4 is 51.8 Å². The topological polar surface area (TPSA) is 75.5 Å². The van der Waals surface area contributed by atoms with E-state index in [4.69, 9.17) is 23.2 Å². The highest BCUT2D eigenvalue weighted by Crippen LogP contribution is 2.27. The lowest BCUT2D eigenvalue weighted by atomic mass is 10.2. The van der Waals surface area contributed by atoms with Crippen LogP contribution >= 0.6 is 34.5 Å². The summed E-state index contributed by atoms with van der Waals surface area (Å²) in [4.78, 5) is 25.4. The fraction of sp³-hybridized carbons (Fsp3) is 0.267. The molecule has 9 heteroatoms. The lowest BCUT2D eigenvalue weighted by Gasteiger charge is -2.23. The predicted octanol–water partition coefficient (Wildman–Crippen LogP) is 4.42. The van der Waals surface area contributed by atoms with Crippen LogP contribution in [-0.2, 0) is 11.3 Å². The van der Waals surface area contributed by atoms with Gasteiger partial charge in [0, 0.05) is 23.6 Å². The van der Waals surface area contributed by atoms with Crippen LogP contribution in [0.3, 0.4) is 0 Å². The van der Waals surface area contributed by atoms with E-state index in [2.05, 4.69) is 5.32 Å². The second kappa shape index (κ2) is 7.94. The maximum atomic E-state index is 12.4. The molecule has 0 aliphatic rings. The van der Waals surface area contributed by atoms with E-state index in [1.165, 1.54) is 29.5 Å². The van der Waals surface area contributed by atoms with Gasteiger partial charge in [-0.05, 0) is 32.2 Å². The highest BCUT2D eigenvalue weighted by molar-refractivity contribution is 7.16. The third-order valence-corrected chi connectivity index (χ3v) is 5.02. The van der Waals surface area contributed by atoms with Crippen LogP contribution < -0.4 is 5.32 Å². The number of nitro benzene ring substituents is 1. The third-order valence-electron chi connectivity index (χ3n) is 3.50. The van der Waals surface area contributed by atoms with Crippen molar-refractivity contribution in [1.82, 2.24) is 4.90 Å². The van der Waals surface area contributed by atoms with Crippen molar-refractivity contribution in [2.45, 2.75) is 19.5 Å². The standard InChI is InChI=1S/C15H15Cl2N3O3S/c1-9(19(2)8-11-4-6-14(17)24-11)15(21)18-13-5-3-10(20(22)23)7-12(13)16/h3-7,9H,8H2,1-2H3,(H,18,21). The van der Waals surface area contributed by atoms with Gasteiger partial charge in [0.15, 0.2) is 0 Å². The summed E-state index contributed by atoms with van der Waals surface area (Å²) in [6, 6.07) is 7.24. The molecule has 0 spiro atoms. The Morgan fingerprint density at radius 3 is 2.62 bits per heavy atom. The minimum Gasteiger partial charge on any atom is -0.323 e. The number of rotatable bonds is 6. The molecule has 0 bridgehead atoms. The Morgan fingerprint density at radius 1 is 1.38 bits per heavy atom. The summed E-state index contributed by atoms with van der Waals surface area (Å²) in [5.74, 6) is -0.254. The van der Waals surface area contributed by atoms with Gasteiger partial charge in [0.2, 0.25) is 5.91 Å². The predicted molar refractivity (Wildman–Crippen MR) is 97.0 cm³/mol. The molecule has 2 aromatic rings. The number of anilines is 1. The number of non-ortho nitro benzene ring substituents is 1. The Labute approximate surface area is 153 Å². The second-order valence-electron chi connectivity index (χ2n) is 5.21. The van der Waals surface area contributed by atoms with Crippen molar-refractivity contribution in [3.63, 3.8) is 0 Å². The van der Waals surface area contributed by atoms with Gasteiger partial charge in [-0.3, -0.25) is 19.8 Å². The van der Waals surface area contributed by atoms with Gasteiger partial charge in [-0.1, -0.05) is 23.2 Å². The average Bonchev–Trinajstić information content (AvgIpc) is 2.93. The number of hydrogen-bond acceptors (Lipinski definition) is 5. The molecule has 0 saturated heterocycles. The zero-order valence-electron chi connectivity index (χ0n) is 13.0. The molecule has 1 unspecified atom stereocenters. The molecule has 1 heterocycles. The summed E-state index contributed by atoms with van der Waals surface area (Å²) in [5.41, 5.74) is 0.212. The molecule has 1 N–H and O–H groups in total. The van der Waals surface area contributed by atoms with Gasteiger partial charge in [-0.15, -0.1) is 11.3 Å². The highest BCUT2D eigenvalue weighted by Gasteiger charge is 2.20. The number of hydrogen-bond donors (Lipinski definition) is 1. The number of carbonyl (C=O) groups excluding carboxylic acids is 1. The Balaban J connectivity index is 2.01. The first-order valence-corrected chi connectivity index (χ1v) is 8.54. The molecule has 1 aromatic heterocycles. The zero-order valence-corrected chi connectivity index (χ0v) is 15.3. The number of nitrogens with zero attached hydrogens (tertiary/aromatic N) is 2. The molecule has 24 heavy (non-hydrogen) atoms. The van der Waals surface area contributed by atoms with Gasteiger partial charge >= 0.3 is 0 Å². The van der Waals surface area contributed by atoms with Crippen molar-refractivity contribution in [2.24, 2.45) is 0 Å². The number of halogens is 2. The summed E-state index contributed by atoms with van der Waals surface area (Å²) in [6.45, 7) is 2.35. The molecule has 1 atom stereocenters. The first-order chi connectivity index (χ1) is 11.3. The molecule has 0 aliphatic heterocycles. The van der Waals surface area contributed by atoms with E-state index in [-0.39, 0.29) is 16.6 Å². The number of carbonyl (C=O) groups is 1. The zero-order chi connectivity index (χ0) is 17.9. The quantitative estimate of drug-likeness (QED) is 0.587. The first-order valence-electron chi connectivity index (χ1n) is 6.97. The van der Waals surface area contributed by atoms with E-state index >= 15 is 0 Å². The van der Waals surface area contributed by atoms with E-state index < -0.39 is 11.0 Å². The number of benzene rings is 1. The van der Waals surface area contributed by atoms with Crippen molar-refractivity contribution < 1.29 is 9.72 Å². The minimum atomic E-state index is -0.542. The van der Waals surface area contributed by atoms with Gasteiger partial charge in [0.05, 0.1) is 26.0 Å². The van der Waals surface area contributed by atoms with E-state index in [0.717, 1.165) is 4.88 Å². The van der Waals surface area contributed by atoms with Crippen LogP contribution in [0.5, 0.6) is 0 Å². The fourth-order valence-electron chi connectivity index (χ4n) is 1.98. The molecule has 0 fully saturated rings. The van der Waals surface area contributed by atoms with E-state index in [1.54, 1.807) is 6.92 Å². The van der Waals surface area contributed by atoms with Crippen molar-refractivity contribution in [3.05, 3.63) is 54.7 Å². The second-order valence-corrected chi connectivity index (χ2v) is 7.41. The van der Waals surface area contributed by atoms with Gasteiger partial charge in [-0.2, -0.15) is 0 Å². The molecule has 1 amide bonds. The summed E-state index contributed by atoms with van der Waals surface area (Å²) < 4.78 is 0.702. The molecule has 6 nitrogen and oxygen atoms in total. The monoisotopic (exact) mass is 387 g/mol. The average molecular weight is 388 g/mol. The maximum Gasteiger partial charge on any atom is 0.271 e. The number of nitro groups is 1. The summed E-state index contributed by atoms with van der Waals surface area (Å²) >= 11 is 13.4. The third kappa shape index (κ3) is 4.67. The number of nitrogens with one attached hydrogen (secondary N) is 1. The van der Waals surface area contributed by atoms with Gasteiger partial charge in [0.25, 0.3) is 5.69 Å². The Bertz CT molecular complexity index is 766. The van der Waals surface area contributed by atoms with Crippen molar-refractivity contribution in [3.8, 4) is 0 Å². The van der Waals surface area contributed by atoms with Gasteiger partial charge < -0.3 is 5.32 Å². The lowest BCUT2D eigenvalue weighted by Crippen LogP contribution is -2.39. The van der Waals surface area contributed by atoms with Crippen molar-refractivity contribution in [2.75, 3.05) is 12.4 Å². The number of thiophene rings is 1. The molecular formula is C15H15Cl2N3O3S. The lowest BCUT2D eigenvalue weighted by molar-refractivity contribution is -0.384. The fourth-order valence-corrected chi connectivity index (χ4v) is 3.35. The van der Waals surface area contributed by atoms with Crippen LogP contribution in [-0.4, -0.2) is 28.8 Å². The number of amides is 1. The van der Waals surface area contributed by atoms with Gasteiger partial charge in [-0.25, -0.2) is 0 Å². The van der Waals surface area contributed by atoms with Crippen LogP contribution in [0.2, 0.25) is 9.36 Å². The summed E-state index contributed by atoms with van der Waals surface area (Å²) in [7, 11) is 1.83. The summed E-state index contributed by atoms with van der Waals surface area (Å²) in [6.07, 6.45) is 0. The normalized spacial score (nSPS) is 12.2. The Hall–Kier alpha value is -1.67. The maximum absolute atomic E-state index is 12.4. The Kier molecular flexibility index (Phi) is 6.17. The van der Waals surface area contributed by atoms with Crippen LogP contribution in [0.25, 0.3) is 0 Å². The molecule has 2 rings (SSSR count). The van der Waals surface area contributed by atoms with E-state index in [9.17, 15) is 14.9 Å². The molecule has 0 saturated carbocycles. The van der Waals surface area contributed by atoms with Gasteiger partial charge in [0.1, 0.15) is 0 Å². The molecule has 0 radical (unpaired) electrons. The Morgan fingerprint density at radius 2 is 2.08 bits per heavy atom.